The first kappa shape index (κ1) is 11.7. The molecule has 2 heterocycles. The molecule has 3 nitrogen and oxygen atoms in total. The predicted octanol–water partition coefficient (Wildman–Crippen LogP) is 2.93. The summed E-state index contributed by atoms with van der Waals surface area (Å²) in [6.07, 6.45) is 1.24. The standard InChI is InChI=1S/C10H11ClF2N2O/c1-6-4-14-9(11)15-8(6)7-2-3-10(12,13)5-16-7/h4,7H,2-3,5H2,1H3. The predicted molar refractivity (Wildman–Crippen MR) is 54.7 cm³/mol. The maximum Gasteiger partial charge on any atom is 0.271 e. The van der Waals surface area contributed by atoms with Gasteiger partial charge in [-0.25, -0.2) is 18.7 Å². The molecule has 0 radical (unpaired) electrons. The summed E-state index contributed by atoms with van der Waals surface area (Å²) in [5, 5.41) is 0.113. The van der Waals surface area contributed by atoms with Gasteiger partial charge >= 0.3 is 0 Å². The van der Waals surface area contributed by atoms with E-state index in [4.69, 9.17) is 16.3 Å². The first-order chi connectivity index (χ1) is 7.48. The summed E-state index contributed by atoms with van der Waals surface area (Å²) in [4.78, 5) is 7.84. The van der Waals surface area contributed by atoms with Crippen molar-refractivity contribution < 1.29 is 13.5 Å². The fourth-order valence-electron chi connectivity index (χ4n) is 1.69. The molecule has 1 unspecified atom stereocenters. The van der Waals surface area contributed by atoms with Gasteiger partial charge in [-0.3, -0.25) is 0 Å². The second kappa shape index (κ2) is 4.22. The molecule has 0 saturated carbocycles. The molecule has 0 aromatic carbocycles. The van der Waals surface area contributed by atoms with Gasteiger partial charge in [0.05, 0.1) is 5.69 Å². The van der Waals surface area contributed by atoms with Gasteiger partial charge in [0.1, 0.15) is 12.7 Å². The molecule has 0 amide bonds. The maximum absolute atomic E-state index is 12.9. The molecule has 0 spiro atoms. The van der Waals surface area contributed by atoms with Gasteiger partial charge in [0.15, 0.2) is 0 Å². The van der Waals surface area contributed by atoms with Crippen molar-refractivity contribution in [3.05, 3.63) is 22.7 Å². The number of hydrogen-bond acceptors (Lipinski definition) is 3. The van der Waals surface area contributed by atoms with Crippen molar-refractivity contribution >= 4 is 11.6 Å². The Morgan fingerprint density at radius 2 is 2.31 bits per heavy atom. The van der Waals surface area contributed by atoms with Crippen LogP contribution >= 0.6 is 11.6 Å². The van der Waals surface area contributed by atoms with E-state index >= 15 is 0 Å². The van der Waals surface area contributed by atoms with E-state index in [1.54, 1.807) is 6.20 Å². The van der Waals surface area contributed by atoms with E-state index in [2.05, 4.69) is 9.97 Å². The first-order valence-electron chi connectivity index (χ1n) is 4.96. The van der Waals surface area contributed by atoms with Crippen LogP contribution in [0.4, 0.5) is 8.78 Å². The Balaban J connectivity index is 2.17. The number of nitrogens with zero attached hydrogens (tertiary/aromatic N) is 2. The largest absolute Gasteiger partial charge is 0.366 e. The monoisotopic (exact) mass is 248 g/mol. The fourth-order valence-corrected chi connectivity index (χ4v) is 1.83. The molecule has 1 aliphatic heterocycles. The molecule has 1 atom stereocenters. The highest BCUT2D eigenvalue weighted by Gasteiger charge is 2.37. The van der Waals surface area contributed by atoms with E-state index in [9.17, 15) is 8.78 Å². The van der Waals surface area contributed by atoms with Crippen LogP contribution in [-0.4, -0.2) is 22.5 Å². The second-order valence-corrected chi connectivity index (χ2v) is 4.24. The number of aromatic nitrogens is 2. The molecule has 0 N–H and O–H groups in total. The third-order valence-corrected chi connectivity index (χ3v) is 2.74. The molecule has 0 aliphatic carbocycles. The Morgan fingerprint density at radius 3 is 2.94 bits per heavy atom. The summed E-state index contributed by atoms with van der Waals surface area (Å²) in [6.45, 7) is 1.25. The van der Waals surface area contributed by atoms with Crippen molar-refractivity contribution in [2.75, 3.05) is 6.61 Å². The van der Waals surface area contributed by atoms with Crippen LogP contribution in [0.5, 0.6) is 0 Å². The van der Waals surface area contributed by atoms with Crippen LogP contribution in [-0.2, 0) is 4.74 Å². The minimum Gasteiger partial charge on any atom is -0.366 e. The Labute approximate surface area is 96.8 Å². The minimum atomic E-state index is -2.72. The summed E-state index contributed by atoms with van der Waals surface area (Å²) in [5.74, 6) is -2.72. The summed E-state index contributed by atoms with van der Waals surface area (Å²) < 4.78 is 30.9. The zero-order valence-electron chi connectivity index (χ0n) is 8.71. The molecule has 1 saturated heterocycles. The minimum absolute atomic E-state index is 0.113. The Kier molecular flexibility index (Phi) is 3.08. The van der Waals surface area contributed by atoms with Gasteiger partial charge in [0, 0.05) is 12.6 Å². The van der Waals surface area contributed by atoms with Crippen molar-refractivity contribution in [2.45, 2.75) is 31.8 Å². The fraction of sp³-hybridized carbons (Fsp3) is 0.600. The normalized spacial score (nSPS) is 24.4. The number of aryl methyl sites for hydroxylation is 1. The third kappa shape index (κ3) is 2.47. The quantitative estimate of drug-likeness (QED) is 0.717. The second-order valence-electron chi connectivity index (χ2n) is 3.90. The van der Waals surface area contributed by atoms with Crippen LogP contribution in [0.2, 0.25) is 5.28 Å². The molecule has 0 bridgehead atoms. The lowest BCUT2D eigenvalue weighted by Gasteiger charge is -2.28. The molecule has 16 heavy (non-hydrogen) atoms. The van der Waals surface area contributed by atoms with E-state index in [-0.39, 0.29) is 18.1 Å². The lowest BCUT2D eigenvalue weighted by Crippen LogP contribution is -2.31. The Bertz CT molecular complexity index is 390. The lowest BCUT2D eigenvalue weighted by atomic mass is 10.0. The van der Waals surface area contributed by atoms with Crippen LogP contribution in [0.3, 0.4) is 0 Å². The highest BCUT2D eigenvalue weighted by Crippen LogP contribution is 2.35. The number of alkyl halides is 2. The van der Waals surface area contributed by atoms with E-state index in [0.717, 1.165) is 5.56 Å². The van der Waals surface area contributed by atoms with Gasteiger partial charge in [0.2, 0.25) is 5.28 Å². The average molecular weight is 249 g/mol. The summed E-state index contributed by atoms with van der Waals surface area (Å²) >= 11 is 5.67. The number of ether oxygens (including phenoxy) is 1. The van der Waals surface area contributed by atoms with Gasteiger partial charge in [0.25, 0.3) is 5.92 Å². The molecular formula is C10H11ClF2N2O. The summed E-state index contributed by atoms with van der Waals surface area (Å²) in [5.41, 5.74) is 1.41. The number of halogens is 3. The van der Waals surface area contributed by atoms with Gasteiger partial charge < -0.3 is 4.74 Å². The smallest absolute Gasteiger partial charge is 0.271 e. The first-order valence-corrected chi connectivity index (χ1v) is 5.34. The van der Waals surface area contributed by atoms with Crippen molar-refractivity contribution in [1.29, 1.82) is 0 Å². The lowest BCUT2D eigenvalue weighted by molar-refractivity contribution is -0.146. The van der Waals surface area contributed by atoms with Crippen molar-refractivity contribution in [1.82, 2.24) is 9.97 Å². The highest BCUT2D eigenvalue weighted by atomic mass is 35.5. The molecule has 88 valence electrons. The van der Waals surface area contributed by atoms with Crippen molar-refractivity contribution in [3.8, 4) is 0 Å². The summed E-state index contributed by atoms with van der Waals surface area (Å²) in [6, 6.07) is 0. The van der Waals surface area contributed by atoms with E-state index in [0.29, 0.717) is 5.69 Å². The average Bonchev–Trinajstić information content (AvgIpc) is 2.22. The Hall–Kier alpha value is -0.810. The van der Waals surface area contributed by atoms with E-state index in [1.165, 1.54) is 0 Å². The number of rotatable bonds is 1. The van der Waals surface area contributed by atoms with Gasteiger partial charge in [-0.15, -0.1) is 0 Å². The van der Waals surface area contributed by atoms with Crippen LogP contribution in [0.25, 0.3) is 0 Å². The summed E-state index contributed by atoms with van der Waals surface area (Å²) in [7, 11) is 0. The zero-order chi connectivity index (χ0) is 11.8. The molecule has 1 fully saturated rings. The van der Waals surface area contributed by atoms with Crippen LogP contribution < -0.4 is 0 Å². The van der Waals surface area contributed by atoms with Crippen molar-refractivity contribution in [3.63, 3.8) is 0 Å². The molecule has 1 aromatic heterocycles. The zero-order valence-corrected chi connectivity index (χ0v) is 9.47. The molecule has 1 aromatic rings. The topological polar surface area (TPSA) is 35.0 Å². The van der Waals surface area contributed by atoms with E-state index < -0.39 is 18.6 Å². The Morgan fingerprint density at radius 1 is 1.56 bits per heavy atom. The number of hydrogen-bond donors (Lipinski definition) is 0. The molecular weight excluding hydrogens is 238 g/mol. The SMILES string of the molecule is Cc1cnc(Cl)nc1C1CCC(F)(F)CO1. The van der Waals surface area contributed by atoms with Gasteiger partial charge in [-0.05, 0) is 30.5 Å². The van der Waals surface area contributed by atoms with Crippen molar-refractivity contribution in [2.24, 2.45) is 0 Å². The van der Waals surface area contributed by atoms with Crippen LogP contribution in [0.15, 0.2) is 6.20 Å². The van der Waals surface area contributed by atoms with E-state index in [1.807, 2.05) is 6.92 Å². The van der Waals surface area contributed by atoms with Crippen LogP contribution in [0.1, 0.15) is 30.2 Å². The van der Waals surface area contributed by atoms with Gasteiger partial charge in [-0.1, -0.05) is 0 Å². The molecule has 6 heteroatoms. The van der Waals surface area contributed by atoms with Crippen LogP contribution in [0, 0.1) is 6.92 Å². The molecule has 1 aliphatic rings. The maximum atomic E-state index is 12.9. The highest BCUT2D eigenvalue weighted by molar-refractivity contribution is 6.28. The third-order valence-electron chi connectivity index (χ3n) is 2.55. The molecule has 2 rings (SSSR count). The van der Waals surface area contributed by atoms with Gasteiger partial charge in [-0.2, -0.15) is 0 Å².